The second-order valence-electron chi connectivity index (χ2n) is 3.89. The number of alkyl halides is 7. The third-order valence-electron chi connectivity index (χ3n) is 2.32. The molecule has 0 spiro atoms. The van der Waals surface area contributed by atoms with Gasteiger partial charge in [0, 0.05) is 5.56 Å². The highest BCUT2D eigenvalue weighted by molar-refractivity contribution is 9.10. The minimum atomic E-state index is -5.75. The SMILES string of the molecule is Cc1[c]c(C)cc(C(F)(C(F)(F)F)C(F)(F)Br)c1. The first kappa shape index (κ1) is 15.3. The second kappa shape index (κ2) is 4.43. The van der Waals surface area contributed by atoms with Crippen LogP contribution in [0.5, 0.6) is 0 Å². The average molecular weight is 334 g/mol. The quantitative estimate of drug-likeness (QED) is 0.537. The number of halogens is 7. The molecule has 0 heterocycles. The van der Waals surface area contributed by atoms with Crippen molar-refractivity contribution in [3.8, 4) is 0 Å². The molecule has 0 amide bonds. The molecule has 0 saturated carbocycles. The molecule has 0 saturated heterocycles. The molecule has 0 N–H and O–H groups in total. The molecule has 0 aromatic heterocycles. The van der Waals surface area contributed by atoms with Gasteiger partial charge in [-0.25, -0.2) is 4.39 Å². The molecule has 7 heteroatoms. The summed E-state index contributed by atoms with van der Waals surface area (Å²) in [5, 5.41) is 0. The maximum Gasteiger partial charge on any atom is 0.433 e. The van der Waals surface area contributed by atoms with Gasteiger partial charge in [0.25, 0.3) is 0 Å². The molecule has 18 heavy (non-hydrogen) atoms. The van der Waals surface area contributed by atoms with E-state index in [9.17, 15) is 26.3 Å². The smallest absolute Gasteiger partial charge is 0.221 e. The Morgan fingerprint density at radius 3 is 1.61 bits per heavy atom. The van der Waals surface area contributed by atoms with Crippen molar-refractivity contribution in [3.05, 3.63) is 34.9 Å². The zero-order valence-electron chi connectivity index (χ0n) is 9.30. The molecule has 0 aliphatic rings. The number of benzene rings is 1. The van der Waals surface area contributed by atoms with Crippen LogP contribution in [0.15, 0.2) is 12.1 Å². The molecule has 1 radical (unpaired) electrons. The molecule has 1 aromatic rings. The summed E-state index contributed by atoms with van der Waals surface area (Å²) >= 11 is 1.48. The predicted octanol–water partition coefficient (Wildman–Crippen LogP) is 4.82. The lowest BCUT2D eigenvalue weighted by molar-refractivity contribution is -0.282. The van der Waals surface area contributed by atoms with Crippen molar-refractivity contribution in [1.29, 1.82) is 0 Å². The molecule has 0 fully saturated rings. The molecule has 0 aliphatic heterocycles. The average Bonchev–Trinajstić information content (AvgIpc) is 2.11. The number of aryl methyl sites for hydroxylation is 2. The van der Waals surface area contributed by atoms with Gasteiger partial charge in [0.2, 0.25) is 0 Å². The lowest BCUT2D eigenvalue weighted by Gasteiger charge is -2.32. The maximum absolute atomic E-state index is 14.0. The zero-order chi connectivity index (χ0) is 14.4. The first-order chi connectivity index (χ1) is 7.89. The van der Waals surface area contributed by atoms with Crippen LogP contribution in [0.4, 0.5) is 26.3 Å². The molecule has 0 bridgehead atoms. The first-order valence-electron chi connectivity index (χ1n) is 4.73. The third kappa shape index (κ3) is 2.50. The fraction of sp³-hybridized carbons (Fsp3) is 0.455. The van der Waals surface area contributed by atoms with Gasteiger partial charge in [0.15, 0.2) is 0 Å². The Kier molecular flexibility index (Phi) is 3.78. The van der Waals surface area contributed by atoms with E-state index in [1.165, 1.54) is 29.8 Å². The Morgan fingerprint density at radius 2 is 1.33 bits per heavy atom. The third-order valence-corrected chi connectivity index (χ3v) is 2.86. The van der Waals surface area contributed by atoms with Gasteiger partial charge in [-0.1, -0.05) is 12.1 Å². The highest BCUT2D eigenvalue weighted by atomic mass is 79.9. The van der Waals surface area contributed by atoms with E-state index in [-0.39, 0.29) is 11.1 Å². The van der Waals surface area contributed by atoms with E-state index in [2.05, 4.69) is 6.07 Å². The fourth-order valence-corrected chi connectivity index (χ4v) is 2.03. The first-order valence-corrected chi connectivity index (χ1v) is 5.52. The lowest BCUT2D eigenvalue weighted by Crippen LogP contribution is -2.49. The normalized spacial score (nSPS) is 16.5. The molecule has 1 unspecified atom stereocenters. The summed E-state index contributed by atoms with van der Waals surface area (Å²) in [5.41, 5.74) is -5.64. The van der Waals surface area contributed by atoms with Crippen LogP contribution in [0.2, 0.25) is 0 Å². The fourth-order valence-electron chi connectivity index (χ4n) is 1.58. The van der Waals surface area contributed by atoms with E-state index in [1.807, 2.05) is 0 Å². The van der Waals surface area contributed by atoms with E-state index < -0.39 is 22.2 Å². The lowest BCUT2D eigenvalue weighted by atomic mass is 9.92. The van der Waals surface area contributed by atoms with Crippen molar-refractivity contribution in [2.24, 2.45) is 0 Å². The summed E-state index contributed by atoms with van der Waals surface area (Å²) in [6.07, 6.45) is -5.75. The summed E-state index contributed by atoms with van der Waals surface area (Å²) in [5.74, 6) is 0. The Balaban J connectivity index is 3.55. The van der Waals surface area contributed by atoms with Gasteiger partial charge in [-0.2, -0.15) is 22.0 Å². The number of hydrogen-bond acceptors (Lipinski definition) is 0. The van der Waals surface area contributed by atoms with Gasteiger partial charge in [-0.15, -0.1) is 0 Å². The highest BCUT2D eigenvalue weighted by Gasteiger charge is 2.71. The van der Waals surface area contributed by atoms with Crippen LogP contribution in [-0.4, -0.2) is 11.0 Å². The number of rotatable bonds is 2. The van der Waals surface area contributed by atoms with Crippen LogP contribution < -0.4 is 0 Å². The Morgan fingerprint density at radius 1 is 0.944 bits per heavy atom. The molecule has 1 aromatic carbocycles. The molecule has 1 atom stereocenters. The summed E-state index contributed by atoms with van der Waals surface area (Å²) < 4.78 is 78.0. The maximum atomic E-state index is 14.0. The molecular formula is C11H8BrF6. The molecule has 0 aliphatic carbocycles. The topological polar surface area (TPSA) is 0 Å². The van der Waals surface area contributed by atoms with Gasteiger partial charge in [-0.05, 0) is 47.0 Å². The van der Waals surface area contributed by atoms with Gasteiger partial charge < -0.3 is 0 Å². The van der Waals surface area contributed by atoms with E-state index in [1.54, 1.807) is 0 Å². The Hall–Kier alpha value is -0.720. The van der Waals surface area contributed by atoms with Crippen molar-refractivity contribution in [3.63, 3.8) is 0 Å². The summed E-state index contributed by atoms with van der Waals surface area (Å²) in [4.78, 5) is -4.77. The van der Waals surface area contributed by atoms with E-state index in [0.29, 0.717) is 12.1 Å². The second-order valence-corrected chi connectivity index (χ2v) is 4.88. The van der Waals surface area contributed by atoms with Gasteiger partial charge >= 0.3 is 16.7 Å². The van der Waals surface area contributed by atoms with Crippen LogP contribution in [0.25, 0.3) is 0 Å². The van der Waals surface area contributed by atoms with E-state index in [4.69, 9.17) is 0 Å². The predicted molar refractivity (Wildman–Crippen MR) is 57.5 cm³/mol. The highest BCUT2D eigenvalue weighted by Crippen LogP contribution is 2.55. The van der Waals surface area contributed by atoms with Crippen molar-refractivity contribution in [1.82, 2.24) is 0 Å². The summed E-state index contributed by atoms with van der Waals surface area (Å²) in [7, 11) is 0. The zero-order valence-corrected chi connectivity index (χ0v) is 10.9. The standard InChI is InChI=1S/C11H8BrF6/c1-6-3-7(2)5-8(4-6)9(13,10(12,14)15)11(16,17)18/h4-5H,1-2H3. The van der Waals surface area contributed by atoms with Crippen molar-refractivity contribution < 1.29 is 26.3 Å². The van der Waals surface area contributed by atoms with Gasteiger partial charge in [0.05, 0.1) is 0 Å². The summed E-state index contributed by atoms with van der Waals surface area (Å²) in [6.45, 7) is 2.69. The van der Waals surface area contributed by atoms with E-state index in [0.717, 1.165) is 0 Å². The minimum absolute atomic E-state index is 0.146. The largest absolute Gasteiger partial charge is 0.433 e. The molecule has 1 rings (SSSR count). The number of hydrogen-bond donors (Lipinski definition) is 0. The minimum Gasteiger partial charge on any atom is -0.221 e. The van der Waals surface area contributed by atoms with Crippen LogP contribution in [0, 0.1) is 19.9 Å². The molecule has 101 valence electrons. The van der Waals surface area contributed by atoms with Gasteiger partial charge in [0.1, 0.15) is 0 Å². The van der Waals surface area contributed by atoms with Crippen LogP contribution in [0.1, 0.15) is 16.7 Å². The van der Waals surface area contributed by atoms with E-state index >= 15 is 0 Å². The Bertz CT molecular complexity index is 412. The monoisotopic (exact) mass is 333 g/mol. The van der Waals surface area contributed by atoms with Crippen LogP contribution >= 0.6 is 15.9 Å². The molecule has 0 nitrogen and oxygen atoms in total. The Labute approximate surface area is 108 Å². The van der Waals surface area contributed by atoms with Crippen molar-refractivity contribution in [2.75, 3.05) is 0 Å². The van der Waals surface area contributed by atoms with Crippen LogP contribution in [0.3, 0.4) is 0 Å². The van der Waals surface area contributed by atoms with Crippen molar-refractivity contribution >= 4 is 15.9 Å². The van der Waals surface area contributed by atoms with Gasteiger partial charge in [-0.3, -0.25) is 0 Å². The molecular weight excluding hydrogens is 326 g/mol. The van der Waals surface area contributed by atoms with Crippen LogP contribution in [-0.2, 0) is 5.67 Å². The summed E-state index contributed by atoms with van der Waals surface area (Å²) in [6, 6.07) is 4.00. The van der Waals surface area contributed by atoms with Crippen molar-refractivity contribution in [2.45, 2.75) is 30.5 Å².